The second-order valence-electron chi connectivity index (χ2n) is 14.5. The average Bonchev–Trinajstić information content (AvgIpc) is 2.61. The van der Waals surface area contributed by atoms with E-state index in [1.54, 1.807) is 7.11 Å². The Morgan fingerprint density at radius 1 is 0.676 bits per heavy atom. The molecule has 1 heterocycles. The number of methoxy groups -OCH3 is 1. The molecule has 0 aromatic carbocycles. The number of aliphatic hydroxyl groups excluding tert-OH is 1. The third-order valence-corrected chi connectivity index (χ3v) is 22.2. The summed E-state index contributed by atoms with van der Waals surface area (Å²) in [6.45, 7) is 33.5. The van der Waals surface area contributed by atoms with Crippen LogP contribution in [0.5, 0.6) is 0 Å². The monoisotopic (exact) mass is 536 g/mol. The lowest BCUT2D eigenvalue weighted by atomic mass is 9.99. The molecule has 1 fully saturated rings. The van der Waals surface area contributed by atoms with E-state index in [9.17, 15) is 5.11 Å². The quantitative estimate of drug-likeness (QED) is 0.356. The van der Waals surface area contributed by atoms with E-state index in [-0.39, 0.29) is 15.1 Å². The van der Waals surface area contributed by atoms with Gasteiger partial charge < -0.3 is 27.9 Å². The largest absolute Gasteiger partial charge is 0.414 e. The van der Waals surface area contributed by atoms with Crippen molar-refractivity contribution in [2.45, 2.75) is 147 Å². The highest BCUT2D eigenvalue weighted by Gasteiger charge is 2.53. The van der Waals surface area contributed by atoms with Crippen molar-refractivity contribution in [2.24, 2.45) is 0 Å². The Hall–Kier alpha value is 0.411. The first kappa shape index (κ1) is 32.4. The van der Waals surface area contributed by atoms with Crippen LogP contribution in [-0.4, -0.2) is 74.5 Å². The molecule has 0 unspecified atom stereocenters. The minimum Gasteiger partial charge on any atom is -0.414 e. The number of ether oxygens (including phenoxy) is 2. The van der Waals surface area contributed by atoms with Crippen LogP contribution in [0.25, 0.3) is 0 Å². The van der Waals surface area contributed by atoms with E-state index in [4.69, 9.17) is 22.8 Å². The van der Waals surface area contributed by atoms with E-state index < -0.39 is 55.7 Å². The molecule has 0 radical (unpaired) electrons. The summed E-state index contributed by atoms with van der Waals surface area (Å²) in [6.07, 6.45) is -3.18. The summed E-state index contributed by atoms with van der Waals surface area (Å²) in [5.41, 5.74) is 0. The molecule has 0 aromatic heterocycles. The summed E-state index contributed by atoms with van der Waals surface area (Å²) >= 11 is 0. The van der Waals surface area contributed by atoms with Gasteiger partial charge in [-0.1, -0.05) is 62.3 Å². The Morgan fingerprint density at radius 3 is 1.41 bits per heavy atom. The predicted molar refractivity (Wildman–Crippen MR) is 149 cm³/mol. The van der Waals surface area contributed by atoms with Crippen LogP contribution in [-0.2, 0) is 22.8 Å². The lowest BCUT2D eigenvalue weighted by molar-refractivity contribution is -0.287. The van der Waals surface area contributed by atoms with E-state index in [0.29, 0.717) is 6.61 Å². The maximum Gasteiger partial charge on any atom is 0.192 e. The molecule has 204 valence electrons. The Bertz CT molecular complexity index is 659. The van der Waals surface area contributed by atoms with Gasteiger partial charge in [-0.3, -0.25) is 0 Å². The van der Waals surface area contributed by atoms with Gasteiger partial charge in [0.2, 0.25) is 0 Å². The molecular formula is C25H56O6Si3. The molecule has 1 aliphatic heterocycles. The smallest absolute Gasteiger partial charge is 0.192 e. The van der Waals surface area contributed by atoms with Crippen molar-refractivity contribution in [3.63, 3.8) is 0 Å². The molecule has 0 spiro atoms. The molecule has 34 heavy (non-hydrogen) atoms. The van der Waals surface area contributed by atoms with E-state index in [0.717, 1.165) is 0 Å². The van der Waals surface area contributed by atoms with Crippen LogP contribution in [0.3, 0.4) is 0 Å². The molecule has 0 amide bonds. The van der Waals surface area contributed by atoms with Gasteiger partial charge in [0.05, 0.1) is 6.61 Å². The van der Waals surface area contributed by atoms with Crippen LogP contribution in [0.1, 0.15) is 62.3 Å². The van der Waals surface area contributed by atoms with E-state index in [1.807, 2.05) is 0 Å². The molecule has 0 bridgehead atoms. The number of aliphatic hydroxyl groups is 1. The van der Waals surface area contributed by atoms with Crippen molar-refractivity contribution in [1.82, 2.24) is 0 Å². The second kappa shape index (κ2) is 10.6. The maximum absolute atomic E-state index is 11.7. The summed E-state index contributed by atoms with van der Waals surface area (Å²) in [5, 5.41) is 11.8. The van der Waals surface area contributed by atoms with Crippen LogP contribution in [0.15, 0.2) is 0 Å². The normalized spacial score (nSPS) is 28.3. The Labute approximate surface area is 213 Å². The number of hydrogen-bond donors (Lipinski definition) is 1. The minimum absolute atomic E-state index is 0.00849. The van der Waals surface area contributed by atoms with Crippen molar-refractivity contribution in [1.29, 1.82) is 0 Å². The van der Waals surface area contributed by atoms with Crippen molar-refractivity contribution < 1.29 is 27.9 Å². The maximum atomic E-state index is 11.7. The van der Waals surface area contributed by atoms with Gasteiger partial charge in [0.25, 0.3) is 0 Å². The van der Waals surface area contributed by atoms with Crippen molar-refractivity contribution >= 4 is 25.0 Å². The van der Waals surface area contributed by atoms with Gasteiger partial charge in [-0.25, -0.2) is 0 Å². The third kappa shape index (κ3) is 7.47. The van der Waals surface area contributed by atoms with Crippen LogP contribution in [0.2, 0.25) is 54.4 Å². The van der Waals surface area contributed by atoms with Gasteiger partial charge >= 0.3 is 0 Å². The van der Waals surface area contributed by atoms with Gasteiger partial charge in [-0.15, -0.1) is 0 Å². The predicted octanol–water partition coefficient (Wildman–Crippen LogP) is 6.52. The zero-order chi connectivity index (χ0) is 27.1. The van der Waals surface area contributed by atoms with Gasteiger partial charge in [0.15, 0.2) is 31.2 Å². The molecule has 0 aromatic rings. The molecular weight excluding hydrogens is 481 g/mol. The Morgan fingerprint density at radius 2 is 1.06 bits per heavy atom. The SMILES string of the molecule is CO[C@@H]1O[C@H](CO[Si](C)(C)C(C)(C)C)[C@@H](O[Si](C)(C)C(C)(C)C)[C@H](O)[C@H]1O[Si](C)(C)C(C)(C)C. The van der Waals surface area contributed by atoms with E-state index in [2.05, 4.69) is 102 Å². The fourth-order valence-electron chi connectivity index (χ4n) is 3.03. The first-order valence-corrected chi connectivity index (χ1v) is 21.5. The van der Waals surface area contributed by atoms with Crippen LogP contribution < -0.4 is 0 Å². The molecule has 1 saturated heterocycles. The molecule has 1 aliphatic rings. The second-order valence-corrected chi connectivity index (χ2v) is 28.8. The Balaban J connectivity index is 3.35. The Kier molecular flexibility index (Phi) is 10.2. The van der Waals surface area contributed by atoms with E-state index >= 15 is 0 Å². The van der Waals surface area contributed by atoms with Crippen LogP contribution in [0, 0.1) is 0 Å². The summed E-state index contributed by atoms with van der Waals surface area (Å²) in [6, 6.07) is 0. The van der Waals surface area contributed by atoms with Crippen molar-refractivity contribution in [2.75, 3.05) is 13.7 Å². The summed E-state index contributed by atoms with van der Waals surface area (Å²) in [4.78, 5) is 0. The summed E-state index contributed by atoms with van der Waals surface area (Å²) < 4.78 is 32.2. The standard InChI is InChI=1S/C25H56O6Si3/c1-23(2,3)32(11,12)28-17-18-20(30-33(13,14)24(4,5)6)19(26)21(22(27-10)29-18)31-34(15,16)25(7,8)9/h18-22,26H,17H2,1-16H3/t18-,19+,20-,21-,22-/m1/s1. The molecule has 9 heteroatoms. The van der Waals surface area contributed by atoms with Gasteiger partial charge in [-0.2, -0.15) is 0 Å². The zero-order valence-corrected chi connectivity index (χ0v) is 28.1. The zero-order valence-electron chi connectivity index (χ0n) is 25.1. The molecule has 1 rings (SSSR count). The fourth-order valence-corrected chi connectivity index (χ4v) is 6.65. The lowest BCUT2D eigenvalue weighted by Gasteiger charge is -2.51. The summed E-state index contributed by atoms with van der Waals surface area (Å²) in [5.74, 6) is 0. The molecule has 0 saturated carbocycles. The molecule has 0 aliphatic carbocycles. The first-order chi connectivity index (χ1) is 14.9. The summed E-state index contributed by atoms with van der Waals surface area (Å²) in [7, 11) is -4.82. The number of rotatable bonds is 8. The van der Waals surface area contributed by atoms with Gasteiger partial charge in [0.1, 0.15) is 24.4 Å². The molecule has 1 N–H and O–H groups in total. The highest BCUT2D eigenvalue weighted by molar-refractivity contribution is 6.75. The highest BCUT2D eigenvalue weighted by atomic mass is 28.4. The minimum atomic E-state index is -2.21. The third-order valence-electron chi connectivity index (χ3n) is 8.74. The van der Waals surface area contributed by atoms with Crippen molar-refractivity contribution in [3.8, 4) is 0 Å². The molecule has 5 atom stereocenters. The van der Waals surface area contributed by atoms with E-state index in [1.165, 1.54) is 0 Å². The fraction of sp³-hybridized carbons (Fsp3) is 1.00. The average molecular weight is 537 g/mol. The highest BCUT2D eigenvalue weighted by Crippen LogP contribution is 2.43. The van der Waals surface area contributed by atoms with Gasteiger partial charge in [0, 0.05) is 7.11 Å². The molecule has 6 nitrogen and oxygen atoms in total. The topological polar surface area (TPSA) is 66.4 Å². The first-order valence-electron chi connectivity index (χ1n) is 12.7. The van der Waals surface area contributed by atoms with Gasteiger partial charge in [-0.05, 0) is 54.4 Å². The number of hydrogen-bond acceptors (Lipinski definition) is 6. The van der Waals surface area contributed by atoms with Crippen molar-refractivity contribution in [3.05, 3.63) is 0 Å². The van der Waals surface area contributed by atoms with Crippen LogP contribution in [0.4, 0.5) is 0 Å². The van der Waals surface area contributed by atoms with Crippen LogP contribution >= 0.6 is 0 Å². The lowest BCUT2D eigenvalue weighted by Crippen LogP contribution is -2.66.